The first-order valence-corrected chi connectivity index (χ1v) is 11.0. The van der Waals surface area contributed by atoms with Crippen LogP contribution in [0.2, 0.25) is 10.0 Å². The lowest BCUT2D eigenvalue weighted by atomic mass is 10.2. The summed E-state index contributed by atoms with van der Waals surface area (Å²) in [4.78, 5) is 28.8. The molecule has 0 saturated carbocycles. The maximum atomic E-state index is 13.3. The second kappa shape index (κ2) is 11.0. The molecule has 0 aromatic heterocycles. The van der Waals surface area contributed by atoms with Crippen LogP contribution in [0.4, 0.5) is 10.5 Å². The lowest BCUT2D eigenvalue weighted by molar-refractivity contribution is -0.153. The predicted molar refractivity (Wildman–Crippen MR) is 129 cm³/mol. The summed E-state index contributed by atoms with van der Waals surface area (Å²) in [6.45, 7) is 5.70. The van der Waals surface area contributed by atoms with Crippen LogP contribution in [0.3, 0.4) is 0 Å². The van der Waals surface area contributed by atoms with Crippen molar-refractivity contribution in [2.75, 3.05) is 32.2 Å². The van der Waals surface area contributed by atoms with Crippen molar-refractivity contribution >= 4 is 53.5 Å². The number of ether oxygens (including phenoxy) is 3. The second-order valence-electron chi connectivity index (χ2n) is 6.90. The van der Waals surface area contributed by atoms with Crippen molar-refractivity contribution in [3.63, 3.8) is 0 Å². The summed E-state index contributed by atoms with van der Waals surface area (Å²) in [6.07, 6.45) is 0. The summed E-state index contributed by atoms with van der Waals surface area (Å²) in [7, 11) is 3.08. The molecule has 0 aliphatic carbocycles. The topological polar surface area (TPSA) is 68.3 Å². The molecule has 0 saturated heterocycles. The van der Waals surface area contributed by atoms with Gasteiger partial charge in [-0.2, -0.15) is 0 Å². The van der Waals surface area contributed by atoms with E-state index in [1.54, 1.807) is 58.3 Å². The zero-order valence-electron chi connectivity index (χ0n) is 18.5. The first kappa shape index (κ1) is 26.0. The fourth-order valence-electron chi connectivity index (χ4n) is 2.80. The zero-order valence-corrected chi connectivity index (χ0v) is 20.9. The number of aryl methyl sites for hydroxylation is 1. The molecule has 2 amide bonds. The third-order valence-corrected chi connectivity index (χ3v) is 5.29. The van der Waals surface area contributed by atoms with Gasteiger partial charge >= 0.3 is 17.1 Å². The Morgan fingerprint density at radius 1 is 1.03 bits per heavy atom. The minimum Gasteiger partial charge on any atom is -0.492 e. The van der Waals surface area contributed by atoms with E-state index in [-0.39, 0.29) is 17.3 Å². The molecule has 0 spiro atoms. The van der Waals surface area contributed by atoms with Gasteiger partial charge < -0.3 is 19.1 Å². The number of amides is 2. The van der Waals surface area contributed by atoms with E-state index in [0.29, 0.717) is 28.7 Å². The molecule has 0 radical (unpaired) electrons. The molecule has 2 aromatic carbocycles. The number of benzene rings is 2. The monoisotopic (exact) mass is 500 g/mol. The quantitative estimate of drug-likeness (QED) is 0.298. The molecule has 2 rings (SSSR count). The van der Waals surface area contributed by atoms with E-state index in [0.717, 1.165) is 4.90 Å². The fourth-order valence-corrected chi connectivity index (χ4v) is 3.62. The number of nitrogens with zero attached hydrogens (tertiary/aromatic N) is 2. The van der Waals surface area contributed by atoms with Gasteiger partial charge in [-0.25, -0.2) is 14.5 Å². The molecule has 7 nitrogen and oxygen atoms in total. The molecular formula is C22H26Cl2N2O5S. The van der Waals surface area contributed by atoms with Crippen LogP contribution < -0.4 is 14.4 Å². The summed E-state index contributed by atoms with van der Waals surface area (Å²) in [5.74, 6) is -0.144. The summed E-state index contributed by atoms with van der Waals surface area (Å²) in [6, 6.07) is 8.96. The number of esters is 1. The largest absolute Gasteiger partial charge is 0.492 e. The Labute approximate surface area is 203 Å². The number of urea groups is 1. The number of rotatable bonds is 8. The number of anilines is 1. The Kier molecular flexibility index (Phi) is 8.95. The lowest BCUT2D eigenvalue weighted by Gasteiger charge is -2.39. The Morgan fingerprint density at radius 3 is 2.22 bits per heavy atom. The van der Waals surface area contributed by atoms with Crippen LogP contribution in [0.25, 0.3) is 0 Å². The van der Waals surface area contributed by atoms with Crippen LogP contribution in [-0.4, -0.2) is 49.3 Å². The molecule has 0 fully saturated rings. The number of halogens is 2. The van der Waals surface area contributed by atoms with Gasteiger partial charge in [-0.15, -0.1) is 0 Å². The van der Waals surface area contributed by atoms with E-state index in [1.807, 2.05) is 6.92 Å². The van der Waals surface area contributed by atoms with Gasteiger partial charge in [0.25, 0.3) is 0 Å². The van der Waals surface area contributed by atoms with E-state index >= 15 is 0 Å². The number of carbonyl (C=O) groups is 2. The third-order valence-electron chi connectivity index (χ3n) is 4.28. The number of carbonyl (C=O) groups excluding carboxylic acids is 2. The van der Waals surface area contributed by atoms with Crippen LogP contribution in [0.5, 0.6) is 11.5 Å². The molecule has 0 heterocycles. The van der Waals surface area contributed by atoms with Crippen LogP contribution in [0, 0.1) is 6.92 Å². The first-order valence-electron chi connectivity index (χ1n) is 9.83. The molecule has 1 atom stereocenters. The minimum absolute atomic E-state index is 0.0537. The van der Waals surface area contributed by atoms with Crippen molar-refractivity contribution in [2.24, 2.45) is 0 Å². The van der Waals surface area contributed by atoms with E-state index < -0.39 is 17.1 Å². The molecule has 174 valence electrons. The van der Waals surface area contributed by atoms with Crippen LogP contribution in [-0.2, 0) is 9.53 Å². The summed E-state index contributed by atoms with van der Waals surface area (Å²) in [5, 5.41) is -1.41. The highest BCUT2D eigenvalue weighted by molar-refractivity contribution is 7.82. The number of hydrogen-bond acceptors (Lipinski definition) is 6. The Bertz CT molecular complexity index is 989. The molecule has 0 N–H and O–H groups in total. The molecule has 0 bridgehead atoms. The van der Waals surface area contributed by atoms with Gasteiger partial charge in [-0.05, 0) is 62.7 Å². The molecule has 1 unspecified atom stereocenters. The van der Waals surface area contributed by atoms with E-state index in [9.17, 15) is 9.59 Å². The van der Waals surface area contributed by atoms with E-state index in [1.165, 1.54) is 11.0 Å². The SMILES string of the molecule is CCOC(=O)C(S)(Oc1ccc(Cl)cc1C)N(C(=O)N(C)C)c1ccc(OCC)c(Cl)c1. The third kappa shape index (κ3) is 5.74. The molecule has 0 aliphatic heterocycles. The second-order valence-corrected chi connectivity index (χ2v) is 8.35. The fraction of sp³-hybridized carbons (Fsp3) is 0.364. The van der Waals surface area contributed by atoms with Crippen molar-refractivity contribution in [3.8, 4) is 11.5 Å². The van der Waals surface area contributed by atoms with Gasteiger partial charge in [0.2, 0.25) is 0 Å². The Hall–Kier alpha value is -2.29. The molecule has 0 aliphatic rings. The summed E-state index contributed by atoms with van der Waals surface area (Å²) >= 11 is 17.0. The Morgan fingerprint density at radius 2 is 1.69 bits per heavy atom. The molecule has 2 aromatic rings. The van der Waals surface area contributed by atoms with Crippen molar-refractivity contribution in [2.45, 2.75) is 25.8 Å². The first-order chi connectivity index (χ1) is 15.0. The summed E-state index contributed by atoms with van der Waals surface area (Å²) < 4.78 is 16.7. The number of thiol groups is 1. The van der Waals surface area contributed by atoms with E-state index in [2.05, 4.69) is 12.6 Å². The average molecular weight is 501 g/mol. The van der Waals surface area contributed by atoms with Crippen molar-refractivity contribution < 1.29 is 23.8 Å². The van der Waals surface area contributed by atoms with Gasteiger partial charge in [0.1, 0.15) is 11.5 Å². The van der Waals surface area contributed by atoms with E-state index in [4.69, 9.17) is 37.4 Å². The highest BCUT2D eigenvalue weighted by atomic mass is 35.5. The Balaban J connectivity index is 2.68. The average Bonchev–Trinajstić information content (AvgIpc) is 2.72. The van der Waals surface area contributed by atoms with Crippen molar-refractivity contribution in [1.29, 1.82) is 0 Å². The lowest BCUT2D eigenvalue weighted by Crippen LogP contribution is -2.60. The van der Waals surface area contributed by atoms with Gasteiger partial charge in [0.05, 0.1) is 23.9 Å². The molecule has 32 heavy (non-hydrogen) atoms. The van der Waals surface area contributed by atoms with Crippen LogP contribution in [0.1, 0.15) is 19.4 Å². The minimum atomic E-state index is -2.16. The molecule has 10 heteroatoms. The summed E-state index contributed by atoms with van der Waals surface area (Å²) in [5.41, 5.74) is 0.897. The predicted octanol–water partition coefficient (Wildman–Crippen LogP) is 5.41. The van der Waals surface area contributed by atoms with Crippen LogP contribution >= 0.6 is 35.8 Å². The highest BCUT2D eigenvalue weighted by Crippen LogP contribution is 2.37. The van der Waals surface area contributed by atoms with Gasteiger partial charge in [0.15, 0.2) is 0 Å². The van der Waals surface area contributed by atoms with Crippen molar-refractivity contribution in [3.05, 3.63) is 52.0 Å². The normalized spacial score (nSPS) is 12.5. The van der Waals surface area contributed by atoms with Gasteiger partial charge in [0, 0.05) is 19.1 Å². The maximum absolute atomic E-state index is 13.3. The maximum Gasteiger partial charge on any atom is 0.384 e. The molecular weight excluding hydrogens is 475 g/mol. The van der Waals surface area contributed by atoms with Crippen molar-refractivity contribution in [1.82, 2.24) is 4.90 Å². The highest BCUT2D eigenvalue weighted by Gasteiger charge is 2.50. The zero-order chi connectivity index (χ0) is 24.1. The van der Waals surface area contributed by atoms with Gasteiger partial charge in [-0.1, -0.05) is 35.8 Å². The smallest absolute Gasteiger partial charge is 0.384 e. The number of hydrogen-bond donors (Lipinski definition) is 1. The van der Waals surface area contributed by atoms with Crippen LogP contribution in [0.15, 0.2) is 36.4 Å². The standard InChI is InChI=1S/C22H26Cl2N2O5S/c1-6-29-19-11-9-16(13-17(19)24)26(21(28)25(4)5)22(32,20(27)30-7-2)31-18-10-8-15(23)12-14(18)3/h8-13,32H,6-7H2,1-5H3. The van der Waals surface area contributed by atoms with Gasteiger partial charge in [-0.3, -0.25) is 0 Å².